The van der Waals surface area contributed by atoms with Gasteiger partial charge in [-0.25, -0.2) is 4.98 Å². The van der Waals surface area contributed by atoms with Crippen molar-refractivity contribution in [3.05, 3.63) is 49.9 Å². The van der Waals surface area contributed by atoms with Crippen molar-refractivity contribution < 1.29 is 4.79 Å². The number of hydrogen-bond acceptors (Lipinski definition) is 7. The third-order valence-corrected chi connectivity index (χ3v) is 7.90. The van der Waals surface area contributed by atoms with Crippen LogP contribution in [0, 0.1) is 13.8 Å². The van der Waals surface area contributed by atoms with Crippen molar-refractivity contribution in [2.45, 2.75) is 19.0 Å². The number of amides is 1. The van der Waals surface area contributed by atoms with Gasteiger partial charge in [0.25, 0.3) is 0 Å². The van der Waals surface area contributed by atoms with Crippen molar-refractivity contribution >= 4 is 61.4 Å². The molecule has 30 heavy (non-hydrogen) atoms. The first kappa shape index (κ1) is 21.2. The molecule has 0 aliphatic heterocycles. The van der Waals surface area contributed by atoms with Crippen LogP contribution in [0.5, 0.6) is 0 Å². The van der Waals surface area contributed by atoms with Gasteiger partial charge in [-0.2, -0.15) is 0 Å². The summed E-state index contributed by atoms with van der Waals surface area (Å²) < 4.78 is 2.95. The van der Waals surface area contributed by atoms with Gasteiger partial charge >= 0.3 is 0 Å². The first-order valence-corrected chi connectivity index (χ1v) is 12.5. The van der Waals surface area contributed by atoms with Gasteiger partial charge in [-0.1, -0.05) is 39.8 Å². The van der Waals surface area contributed by atoms with Crippen molar-refractivity contribution in [3.8, 4) is 22.6 Å². The molecule has 0 atom stereocenters. The fourth-order valence-electron chi connectivity index (χ4n) is 2.78. The predicted octanol–water partition coefficient (Wildman–Crippen LogP) is 5.78. The Bertz CT molecular complexity index is 1200. The third-order valence-electron chi connectivity index (χ3n) is 4.58. The number of rotatable bonds is 6. The van der Waals surface area contributed by atoms with E-state index in [1.165, 1.54) is 33.5 Å². The van der Waals surface area contributed by atoms with Crippen molar-refractivity contribution in [3.63, 3.8) is 0 Å². The molecule has 4 rings (SSSR count). The van der Waals surface area contributed by atoms with E-state index < -0.39 is 0 Å². The number of carbonyl (C=O) groups excluding carboxylic acids is 1. The summed E-state index contributed by atoms with van der Waals surface area (Å²) in [5.41, 5.74) is 4.16. The van der Waals surface area contributed by atoms with Gasteiger partial charge in [0.1, 0.15) is 0 Å². The number of halogens is 1. The lowest BCUT2D eigenvalue weighted by atomic mass is 10.2. The fourth-order valence-corrected chi connectivity index (χ4v) is 5.35. The van der Waals surface area contributed by atoms with E-state index in [4.69, 9.17) is 0 Å². The minimum Gasteiger partial charge on any atom is -0.305 e. The van der Waals surface area contributed by atoms with E-state index in [2.05, 4.69) is 55.7 Å². The van der Waals surface area contributed by atoms with Crippen LogP contribution in [-0.4, -0.2) is 31.4 Å². The summed E-state index contributed by atoms with van der Waals surface area (Å²) in [7, 11) is 1.92. The van der Waals surface area contributed by atoms with Crippen LogP contribution in [0.2, 0.25) is 0 Å². The van der Waals surface area contributed by atoms with E-state index in [-0.39, 0.29) is 11.7 Å². The molecule has 0 fully saturated rings. The van der Waals surface area contributed by atoms with E-state index in [9.17, 15) is 4.79 Å². The van der Waals surface area contributed by atoms with Crippen molar-refractivity contribution in [2.24, 2.45) is 7.05 Å². The summed E-state index contributed by atoms with van der Waals surface area (Å²) in [6, 6.07) is 7.92. The molecule has 1 amide bonds. The van der Waals surface area contributed by atoms with Gasteiger partial charge in [-0.3, -0.25) is 4.79 Å². The van der Waals surface area contributed by atoms with E-state index in [0.717, 1.165) is 27.1 Å². The minimum absolute atomic E-state index is 0.121. The van der Waals surface area contributed by atoms with Gasteiger partial charge in [0.2, 0.25) is 5.91 Å². The molecule has 154 valence electrons. The monoisotopic (exact) mass is 519 g/mol. The molecule has 10 heteroatoms. The summed E-state index contributed by atoms with van der Waals surface area (Å²) in [5.74, 6) is 0.934. The molecule has 4 aromatic rings. The van der Waals surface area contributed by atoms with Crippen LogP contribution in [-0.2, 0) is 11.8 Å². The van der Waals surface area contributed by atoms with Crippen LogP contribution >= 0.6 is 50.4 Å². The van der Waals surface area contributed by atoms with E-state index in [1.54, 1.807) is 11.3 Å². The third kappa shape index (κ3) is 4.51. The zero-order valence-electron chi connectivity index (χ0n) is 16.5. The number of aryl methyl sites for hydroxylation is 1. The second-order valence-electron chi connectivity index (χ2n) is 6.58. The summed E-state index contributed by atoms with van der Waals surface area (Å²) >= 11 is 7.90. The first-order chi connectivity index (χ1) is 14.4. The number of hydrogen-bond donors (Lipinski definition) is 1. The Kier molecular flexibility index (Phi) is 6.37. The molecule has 0 spiro atoms. The molecular formula is C20H18BrN5OS3. The number of thioether (sulfide) groups is 1. The molecule has 0 unspecified atom stereocenters. The molecule has 3 heterocycles. The smallest absolute Gasteiger partial charge is 0.236 e. The number of carbonyl (C=O) groups is 1. The maximum Gasteiger partial charge on any atom is 0.236 e. The van der Waals surface area contributed by atoms with Gasteiger partial charge in [0.05, 0.1) is 11.4 Å². The quantitative estimate of drug-likeness (QED) is 0.327. The molecule has 1 N–H and O–H groups in total. The van der Waals surface area contributed by atoms with E-state index in [0.29, 0.717) is 10.3 Å². The summed E-state index contributed by atoms with van der Waals surface area (Å²) in [4.78, 5) is 18.2. The topological polar surface area (TPSA) is 72.7 Å². The van der Waals surface area contributed by atoms with Crippen molar-refractivity contribution in [1.82, 2.24) is 19.7 Å². The number of nitrogens with one attached hydrogen (secondary N) is 1. The number of nitrogens with zero attached hydrogens (tertiary/aromatic N) is 4. The molecule has 0 aliphatic carbocycles. The highest BCUT2D eigenvalue weighted by Crippen LogP contribution is 2.31. The van der Waals surface area contributed by atoms with Gasteiger partial charge in [0.15, 0.2) is 16.1 Å². The largest absolute Gasteiger partial charge is 0.305 e. The minimum atomic E-state index is -0.121. The SMILES string of the molecule is Cc1scc(-c2nnc(SCC(=O)Nc3nc(-c4ccc(Br)cc4)cs3)n2C)c1C. The van der Waals surface area contributed by atoms with Gasteiger partial charge in [-0.05, 0) is 31.5 Å². The Hall–Kier alpha value is -2.01. The lowest BCUT2D eigenvalue weighted by Gasteiger charge is -2.04. The standard InChI is InChI=1S/C20H18BrN5OS3/c1-11-12(2)28-8-15(11)18-24-25-20(26(18)3)30-10-17(27)23-19-22-16(9-29-19)13-4-6-14(21)7-5-13/h4-9H,10H2,1-3H3,(H,22,23,27). The molecular weight excluding hydrogens is 502 g/mol. The van der Waals surface area contributed by atoms with Gasteiger partial charge < -0.3 is 9.88 Å². The van der Waals surface area contributed by atoms with Gasteiger partial charge in [0, 0.05) is 38.3 Å². The Morgan fingerprint density at radius 3 is 2.63 bits per heavy atom. The number of aromatic nitrogens is 4. The summed E-state index contributed by atoms with van der Waals surface area (Å²) in [6.07, 6.45) is 0. The zero-order chi connectivity index (χ0) is 21.3. The van der Waals surface area contributed by atoms with Gasteiger partial charge in [-0.15, -0.1) is 32.9 Å². The van der Waals surface area contributed by atoms with E-state index >= 15 is 0 Å². The molecule has 0 saturated carbocycles. The van der Waals surface area contributed by atoms with Crippen molar-refractivity contribution in [1.29, 1.82) is 0 Å². The molecule has 0 aliphatic rings. The number of benzene rings is 1. The van der Waals surface area contributed by atoms with Crippen molar-refractivity contribution in [2.75, 3.05) is 11.1 Å². The van der Waals surface area contributed by atoms with Crippen LogP contribution < -0.4 is 5.32 Å². The number of thiazole rings is 1. The maximum absolute atomic E-state index is 12.4. The highest BCUT2D eigenvalue weighted by atomic mass is 79.9. The first-order valence-electron chi connectivity index (χ1n) is 9.01. The Morgan fingerprint density at radius 1 is 1.17 bits per heavy atom. The molecule has 6 nitrogen and oxygen atoms in total. The molecule has 0 saturated heterocycles. The Morgan fingerprint density at radius 2 is 1.93 bits per heavy atom. The average molecular weight is 521 g/mol. The van der Waals surface area contributed by atoms with Crippen LogP contribution in [0.15, 0.2) is 44.7 Å². The van der Waals surface area contributed by atoms with E-state index in [1.807, 2.05) is 41.3 Å². The molecule has 0 radical (unpaired) electrons. The Labute approximate surface area is 194 Å². The molecule has 3 aromatic heterocycles. The number of anilines is 1. The molecule has 1 aromatic carbocycles. The Balaban J connectivity index is 1.38. The van der Waals surface area contributed by atoms with Crippen LogP contribution in [0.4, 0.5) is 5.13 Å². The predicted molar refractivity (Wildman–Crippen MR) is 128 cm³/mol. The highest BCUT2D eigenvalue weighted by molar-refractivity contribution is 9.10. The molecule has 0 bridgehead atoms. The fraction of sp³-hybridized carbons (Fsp3) is 0.200. The van der Waals surface area contributed by atoms with Crippen LogP contribution in [0.25, 0.3) is 22.6 Å². The summed E-state index contributed by atoms with van der Waals surface area (Å²) in [6.45, 7) is 4.19. The number of thiophene rings is 1. The lowest BCUT2D eigenvalue weighted by molar-refractivity contribution is -0.113. The average Bonchev–Trinajstić information content (AvgIpc) is 3.42. The highest BCUT2D eigenvalue weighted by Gasteiger charge is 2.16. The second-order valence-corrected chi connectivity index (χ2v) is 10.4. The zero-order valence-corrected chi connectivity index (χ0v) is 20.5. The van der Waals surface area contributed by atoms with Crippen LogP contribution in [0.1, 0.15) is 10.4 Å². The lowest BCUT2D eigenvalue weighted by Crippen LogP contribution is -2.14. The second kappa shape index (κ2) is 9.01. The van der Waals surface area contributed by atoms with Crippen LogP contribution in [0.3, 0.4) is 0 Å². The summed E-state index contributed by atoms with van der Waals surface area (Å²) in [5, 5.41) is 16.8. The normalized spacial score (nSPS) is 11.1. The maximum atomic E-state index is 12.4.